The zero-order valence-corrected chi connectivity index (χ0v) is 27.1. The Kier molecular flexibility index (Phi) is 8.27. The van der Waals surface area contributed by atoms with Crippen LogP contribution in [0, 0.1) is 0 Å². The van der Waals surface area contributed by atoms with Crippen molar-refractivity contribution in [3.63, 3.8) is 0 Å². The molecule has 0 saturated carbocycles. The standard InChI is InChI=1S/C34H32F3N5O6S/c1-33(32(43)42-14-12-41(13-15-42)20-22-2-10-29-30(16-22)47-21-46-29)18-23-17-26(6-9-28(23)39-33)48-31-11-5-25(19-38-31)40-49(44,45)27-7-3-24(4-8-27)34(35,36)37/h2-11,16-17,19,39-40H,12-15,18,20-21H2,1H3. The Labute approximate surface area is 280 Å². The largest absolute Gasteiger partial charge is 0.454 e. The van der Waals surface area contributed by atoms with Crippen LogP contribution >= 0.6 is 0 Å². The van der Waals surface area contributed by atoms with Crippen LogP contribution in [0.1, 0.15) is 23.6 Å². The number of hydrogen-bond donors (Lipinski definition) is 2. The number of anilines is 2. The van der Waals surface area contributed by atoms with E-state index in [1.54, 1.807) is 6.07 Å². The molecule has 1 amide bonds. The van der Waals surface area contributed by atoms with E-state index in [2.05, 4.69) is 19.9 Å². The number of hydrogen-bond acceptors (Lipinski definition) is 9. The Morgan fingerprint density at radius 2 is 1.73 bits per heavy atom. The molecule has 3 aliphatic heterocycles. The number of pyridine rings is 1. The Morgan fingerprint density at radius 1 is 0.980 bits per heavy atom. The number of benzene rings is 3. The molecule has 15 heteroatoms. The second-order valence-electron chi connectivity index (χ2n) is 12.3. The monoisotopic (exact) mass is 695 g/mol. The van der Waals surface area contributed by atoms with Gasteiger partial charge in [0.25, 0.3) is 10.0 Å². The summed E-state index contributed by atoms with van der Waals surface area (Å²) in [5.74, 6) is 2.23. The highest BCUT2D eigenvalue weighted by Gasteiger charge is 2.42. The van der Waals surface area contributed by atoms with Gasteiger partial charge in [-0.3, -0.25) is 14.4 Å². The molecule has 1 aromatic heterocycles. The van der Waals surface area contributed by atoms with Gasteiger partial charge >= 0.3 is 6.18 Å². The van der Waals surface area contributed by atoms with E-state index >= 15 is 0 Å². The maximum atomic E-state index is 13.7. The van der Waals surface area contributed by atoms with Crippen LogP contribution in [0.5, 0.6) is 23.1 Å². The van der Waals surface area contributed by atoms with Crippen LogP contribution in [-0.4, -0.2) is 67.6 Å². The molecule has 1 saturated heterocycles. The van der Waals surface area contributed by atoms with Gasteiger partial charge in [-0.2, -0.15) is 13.2 Å². The molecular formula is C34H32F3N5O6S. The number of fused-ring (bicyclic) bond motifs is 2. The quantitative estimate of drug-likeness (QED) is 0.246. The number of nitrogens with zero attached hydrogens (tertiary/aromatic N) is 3. The van der Waals surface area contributed by atoms with Crippen molar-refractivity contribution >= 4 is 27.3 Å². The number of carbonyl (C=O) groups is 1. The SMILES string of the molecule is CC1(C(=O)N2CCN(Cc3ccc4c(c3)OCO4)CC2)Cc2cc(Oc3ccc(NS(=O)(=O)c4ccc(C(F)(F)F)cc4)cn3)ccc2N1. The lowest BCUT2D eigenvalue weighted by Crippen LogP contribution is -2.56. The van der Waals surface area contributed by atoms with E-state index in [-0.39, 0.29) is 29.2 Å². The molecule has 0 bridgehead atoms. The zero-order chi connectivity index (χ0) is 34.4. The summed E-state index contributed by atoms with van der Waals surface area (Å²) in [5.41, 5.74) is 1.23. The van der Waals surface area contributed by atoms with Gasteiger partial charge in [0.15, 0.2) is 11.5 Å². The van der Waals surface area contributed by atoms with Crippen LogP contribution in [0.25, 0.3) is 0 Å². The minimum Gasteiger partial charge on any atom is -0.454 e. The third-order valence-electron chi connectivity index (χ3n) is 8.71. The van der Waals surface area contributed by atoms with Crippen molar-refractivity contribution < 1.29 is 40.6 Å². The van der Waals surface area contributed by atoms with E-state index in [0.717, 1.165) is 60.1 Å². The lowest BCUT2D eigenvalue weighted by atomic mass is 9.95. The van der Waals surface area contributed by atoms with Crippen molar-refractivity contribution in [3.8, 4) is 23.1 Å². The summed E-state index contributed by atoms with van der Waals surface area (Å²) in [6.07, 6.45) is -2.86. The molecule has 0 radical (unpaired) electrons. The molecule has 1 unspecified atom stereocenters. The number of carbonyl (C=O) groups excluding carboxylic acids is 1. The predicted octanol–water partition coefficient (Wildman–Crippen LogP) is 5.49. The number of rotatable bonds is 8. The molecule has 0 spiro atoms. The van der Waals surface area contributed by atoms with Crippen molar-refractivity contribution in [2.24, 2.45) is 0 Å². The molecule has 1 fully saturated rings. The Hall–Kier alpha value is -5.02. The van der Waals surface area contributed by atoms with Gasteiger partial charge in [-0.25, -0.2) is 13.4 Å². The van der Waals surface area contributed by atoms with Crippen LogP contribution in [-0.2, 0) is 34.0 Å². The molecule has 2 N–H and O–H groups in total. The van der Waals surface area contributed by atoms with Gasteiger partial charge in [0.1, 0.15) is 11.3 Å². The van der Waals surface area contributed by atoms with Gasteiger partial charge in [0.05, 0.1) is 22.3 Å². The number of ether oxygens (including phenoxy) is 3. The average molecular weight is 696 g/mol. The number of nitrogens with one attached hydrogen (secondary N) is 2. The number of amides is 1. The highest BCUT2D eigenvalue weighted by molar-refractivity contribution is 7.92. The van der Waals surface area contributed by atoms with Crippen LogP contribution in [0.3, 0.4) is 0 Å². The first kappa shape index (κ1) is 32.5. The number of piperazine rings is 1. The van der Waals surface area contributed by atoms with Crippen molar-refractivity contribution in [1.29, 1.82) is 0 Å². The normalized spacial score (nSPS) is 18.9. The molecule has 3 aliphatic rings. The minimum absolute atomic E-state index is 0.0323. The van der Waals surface area contributed by atoms with Crippen molar-refractivity contribution in [2.75, 3.05) is 43.0 Å². The fourth-order valence-electron chi connectivity index (χ4n) is 6.17. The first-order chi connectivity index (χ1) is 23.3. The third-order valence-corrected chi connectivity index (χ3v) is 10.1. The Balaban J connectivity index is 0.928. The van der Waals surface area contributed by atoms with Crippen molar-refractivity contribution in [3.05, 3.63) is 95.7 Å². The van der Waals surface area contributed by atoms with E-state index in [9.17, 15) is 26.4 Å². The topological polar surface area (TPSA) is 122 Å². The summed E-state index contributed by atoms with van der Waals surface area (Å²) in [7, 11) is -4.14. The van der Waals surface area contributed by atoms with Crippen LogP contribution in [0.2, 0.25) is 0 Å². The van der Waals surface area contributed by atoms with Crippen molar-refractivity contribution in [1.82, 2.24) is 14.8 Å². The third kappa shape index (κ3) is 6.94. The number of sulfonamides is 1. The van der Waals surface area contributed by atoms with E-state index in [4.69, 9.17) is 14.2 Å². The molecule has 1 atom stereocenters. The molecule has 4 aromatic rings. The second kappa shape index (κ2) is 12.5. The van der Waals surface area contributed by atoms with Crippen LogP contribution < -0.4 is 24.2 Å². The smallest absolute Gasteiger partial charge is 0.416 e. The van der Waals surface area contributed by atoms with Crippen LogP contribution in [0.15, 0.2) is 83.9 Å². The Morgan fingerprint density at radius 3 is 2.45 bits per heavy atom. The molecule has 7 rings (SSSR count). The van der Waals surface area contributed by atoms with Gasteiger partial charge < -0.3 is 24.4 Å². The number of aromatic nitrogens is 1. The van der Waals surface area contributed by atoms with Crippen molar-refractivity contribution in [2.45, 2.75) is 36.5 Å². The molecule has 256 valence electrons. The first-order valence-corrected chi connectivity index (χ1v) is 17.0. The van der Waals surface area contributed by atoms with E-state index in [1.807, 2.05) is 42.2 Å². The maximum Gasteiger partial charge on any atom is 0.416 e. The summed E-state index contributed by atoms with van der Waals surface area (Å²) in [6.45, 7) is 5.65. The Bertz CT molecular complexity index is 1990. The fraction of sp³-hybridized carbons (Fsp3) is 0.294. The predicted molar refractivity (Wildman–Crippen MR) is 173 cm³/mol. The molecular weight excluding hydrogens is 663 g/mol. The molecule has 4 heterocycles. The molecule has 11 nitrogen and oxygen atoms in total. The highest BCUT2D eigenvalue weighted by atomic mass is 32.2. The molecule has 0 aliphatic carbocycles. The second-order valence-corrected chi connectivity index (χ2v) is 14.0. The highest BCUT2D eigenvalue weighted by Crippen LogP contribution is 2.38. The first-order valence-electron chi connectivity index (χ1n) is 15.5. The summed E-state index contributed by atoms with van der Waals surface area (Å²) in [4.78, 5) is 21.8. The fourth-order valence-corrected chi connectivity index (χ4v) is 7.21. The van der Waals surface area contributed by atoms with E-state index in [0.29, 0.717) is 37.4 Å². The lowest BCUT2D eigenvalue weighted by molar-refractivity contribution is -0.138. The maximum absolute atomic E-state index is 13.7. The van der Waals surface area contributed by atoms with Gasteiger partial charge in [0.2, 0.25) is 18.6 Å². The van der Waals surface area contributed by atoms with Gasteiger partial charge in [-0.05, 0) is 78.7 Å². The van der Waals surface area contributed by atoms with E-state index < -0.39 is 27.3 Å². The summed E-state index contributed by atoms with van der Waals surface area (Å²) >= 11 is 0. The van der Waals surface area contributed by atoms with E-state index in [1.165, 1.54) is 18.3 Å². The van der Waals surface area contributed by atoms with Gasteiger partial charge in [-0.1, -0.05) is 6.07 Å². The number of alkyl halides is 3. The number of halogens is 3. The summed E-state index contributed by atoms with van der Waals surface area (Å²) in [5, 5.41) is 3.40. The zero-order valence-electron chi connectivity index (χ0n) is 26.3. The van der Waals surface area contributed by atoms with Crippen LogP contribution in [0.4, 0.5) is 24.5 Å². The minimum atomic E-state index is -4.57. The lowest BCUT2D eigenvalue weighted by Gasteiger charge is -2.38. The van der Waals surface area contributed by atoms with Gasteiger partial charge in [0, 0.05) is 50.9 Å². The molecule has 3 aromatic carbocycles. The van der Waals surface area contributed by atoms with Gasteiger partial charge in [-0.15, -0.1) is 0 Å². The average Bonchev–Trinajstić information content (AvgIpc) is 3.69. The molecule has 49 heavy (non-hydrogen) atoms. The summed E-state index contributed by atoms with van der Waals surface area (Å²) in [6, 6.07) is 17.5. The summed E-state index contributed by atoms with van der Waals surface area (Å²) < 4.78 is 83.0.